The van der Waals surface area contributed by atoms with Gasteiger partial charge in [0.2, 0.25) is 5.71 Å². The number of nitrogens with zero attached hydrogens (tertiary/aromatic N) is 3. The fraction of sp³-hybridized carbons (Fsp3) is 0.235. The van der Waals surface area contributed by atoms with E-state index in [1.54, 1.807) is 35.3 Å². The van der Waals surface area contributed by atoms with E-state index in [4.69, 9.17) is 12.6 Å². The summed E-state index contributed by atoms with van der Waals surface area (Å²) in [6.45, 7) is -1.05. The van der Waals surface area contributed by atoms with Crippen LogP contribution in [-0.4, -0.2) is 9.55 Å². The average molecular weight is 509 g/mol. The predicted octanol–water partition coefficient (Wildman–Crippen LogP) is 8.49. The first kappa shape index (κ1) is 16.6. The number of aromatic nitrogens is 3. The summed E-state index contributed by atoms with van der Waals surface area (Å²) in [4.78, 5) is 4.40. The van der Waals surface area contributed by atoms with Crippen LogP contribution < -0.4 is 4.57 Å². The second-order valence-electron chi connectivity index (χ2n) is 9.73. The van der Waals surface area contributed by atoms with Crippen LogP contribution in [0.2, 0.25) is 0 Å². The van der Waals surface area contributed by atoms with Gasteiger partial charge < -0.3 is 4.42 Å². The minimum Gasteiger partial charge on any atom is -0.437 e. The Kier molecular flexibility index (Phi) is 4.06. The summed E-state index contributed by atoms with van der Waals surface area (Å²) in [5.41, 5.74) is 4.06. The number of hydrogen-bond donors (Lipinski definition) is 0. The first-order chi connectivity index (χ1) is 21.4. The normalized spacial score (nSPS) is 18.7. The van der Waals surface area contributed by atoms with Gasteiger partial charge in [0.1, 0.15) is 23.6 Å². The highest BCUT2D eigenvalue weighted by molar-refractivity contribution is 6.08. The molecule has 0 aliphatic heterocycles. The Bertz CT molecular complexity index is 2060. The second kappa shape index (κ2) is 9.29. The Labute approximate surface area is 235 Å². The van der Waals surface area contributed by atoms with Crippen LogP contribution in [0.25, 0.3) is 50.3 Å². The van der Waals surface area contributed by atoms with Crippen LogP contribution in [0.1, 0.15) is 67.0 Å². The maximum atomic E-state index is 9.34. The van der Waals surface area contributed by atoms with Crippen LogP contribution in [-0.2, 0) is 7.05 Å². The van der Waals surface area contributed by atoms with E-state index in [0.717, 1.165) is 16.3 Å². The molecule has 0 saturated heterocycles. The lowest BCUT2D eigenvalue weighted by Gasteiger charge is -2.20. The highest BCUT2D eigenvalue weighted by Crippen LogP contribution is 2.40. The molecule has 2 atom stereocenters. The van der Waals surface area contributed by atoms with E-state index in [1.807, 2.05) is 73.1 Å². The Morgan fingerprint density at radius 3 is 2.37 bits per heavy atom. The maximum absolute atomic E-state index is 9.34. The molecule has 0 aliphatic rings. The van der Waals surface area contributed by atoms with Crippen LogP contribution >= 0.6 is 0 Å². The van der Waals surface area contributed by atoms with E-state index < -0.39 is 25.5 Å². The number of hydrogen-bond acceptors (Lipinski definition) is 2. The Balaban J connectivity index is 1.80. The molecule has 0 bridgehead atoms. The number of aryl methyl sites for hydroxylation is 2. The fourth-order valence-electron chi connectivity index (χ4n) is 5.27. The molecule has 6 aromatic rings. The monoisotopic (exact) mass is 508 g/mol. The molecule has 0 saturated carbocycles. The van der Waals surface area contributed by atoms with Crippen molar-refractivity contribution >= 4 is 22.1 Å². The molecule has 0 aliphatic carbocycles. The van der Waals surface area contributed by atoms with Crippen LogP contribution in [0.4, 0.5) is 0 Å². The average Bonchev–Trinajstić information content (AvgIpc) is 3.55. The largest absolute Gasteiger partial charge is 0.437 e. The molecule has 0 radical (unpaired) electrons. The maximum Gasteiger partial charge on any atom is 0.297 e. The lowest BCUT2D eigenvalue weighted by Crippen LogP contribution is -2.29. The van der Waals surface area contributed by atoms with Gasteiger partial charge in [0.25, 0.3) is 5.82 Å². The quantitative estimate of drug-likeness (QED) is 0.219. The van der Waals surface area contributed by atoms with Crippen molar-refractivity contribution in [2.24, 2.45) is 7.05 Å². The Morgan fingerprint density at radius 1 is 0.921 bits per heavy atom. The summed E-state index contributed by atoms with van der Waals surface area (Å²) in [6.07, 6.45) is 5.14. The number of rotatable bonds is 5. The van der Waals surface area contributed by atoms with Crippen molar-refractivity contribution in [1.29, 1.82) is 0 Å². The third-order valence-corrected chi connectivity index (χ3v) is 7.12. The van der Waals surface area contributed by atoms with Gasteiger partial charge in [-0.1, -0.05) is 70.0 Å². The van der Waals surface area contributed by atoms with E-state index in [9.17, 15) is 2.74 Å². The zero-order chi connectivity index (χ0) is 33.4. The molecule has 190 valence electrons. The van der Waals surface area contributed by atoms with Crippen molar-refractivity contribution in [3.8, 4) is 28.2 Å². The van der Waals surface area contributed by atoms with Crippen molar-refractivity contribution in [1.82, 2.24) is 9.55 Å². The standard InChI is InChI=1S/C34H34N3O/c1-21(2)28-19-25(24-11-8-7-9-12-24)20-29(22(3)4)31(28)37-18-17-36(6)34(37)30-23(5)14-15-26-27-13-10-16-35-33(27)38-32(26)30/h7-22H,1-6H3/q+1/i1D3,3D3,21D,22D. The third kappa shape index (κ3) is 3.83. The van der Waals surface area contributed by atoms with Crippen molar-refractivity contribution < 1.29 is 20.0 Å². The first-order valence-corrected chi connectivity index (χ1v) is 12.5. The zero-order valence-corrected chi connectivity index (χ0v) is 21.8. The molecule has 38 heavy (non-hydrogen) atoms. The molecule has 0 amide bonds. The number of furan rings is 1. The predicted molar refractivity (Wildman–Crippen MR) is 156 cm³/mol. The van der Waals surface area contributed by atoms with Gasteiger partial charge in [0.15, 0.2) is 5.58 Å². The molecule has 3 aromatic carbocycles. The van der Waals surface area contributed by atoms with Gasteiger partial charge in [0, 0.05) is 39.1 Å². The second-order valence-corrected chi connectivity index (χ2v) is 9.73. The summed E-state index contributed by atoms with van der Waals surface area (Å²) in [7, 11) is 1.83. The summed E-state index contributed by atoms with van der Waals surface area (Å²) in [5, 5.41) is 1.66. The van der Waals surface area contributed by atoms with Crippen LogP contribution in [0, 0.1) is 6.92 Å². The van der Waals surface area contributed by atoms with E-state index in [1.165, 1.54) is 13.8 Å². The van der Waals surface area contributed by atoms with Gasteiger partial charge in [-0.15, -0.1) is 0 Å². The van der Waals surface area contributed by atoms with Gasteiger partial charge in [0.05, 0.1) is 7.05 Å². The highest BCUT2D eigenvalue weighted by Gasteiger charge is 2.30. The van der Waals surface area contributed by atoms with Crippen molar-refractivity contribution in [3.63, 3.8) is 0 Å². The zero-order valence-electron chi connectivity index (χ0n) is 29.8. The number of imidazole rings is 1. The number of fused-ring (bicyclic) bond motifs is 3. The van der Waals surface area contributed by atoms with Crippen LogP contribution in [0.15, 0.2) is 89.7 Å². The molecule has 0 spiro atoms. The van der Waals surface area contributed by atoms with Crippen molar-refractivity contribution in [3.05, 3.63) is 102 Å². The lowest BCUT2D eigenvalue weighted by atomic mass is 9.88. The Morgan fingerprint density at radius 2 is 1.66 bits per heavy atom. The summed E-state index contributed by atoms with van der Waals surface area (Å²) < 4.78 is 79.2. The van der Waals surface area contributed by atoms with Crippen molar-refractivity contribution in [2.45, 2.75) is 46.3 Å². The topological polar surface area (TPSA) is 34.8 Å². The van der Waals surface area contributed by atoms with E-state index in [0.29, 0.717) is 33.8 Å². The number of pyridine rings is 1. The summed E-state index contributed by atoms with van der Waals surface area (Å²) in [6, 6.07) is 20.1. The molecule has 0 fully saturated rings. The first-order valence-electron chi connectivity index (χ1n) is 16.5. The molecule has 3 aromatic heterocycles. The lowest BCUT2D eigenvalue weighted by molar-refractivity contribution is -0.659. The van der Waals surface area contributed by atoms with E-state index >= 15 is 0 Å². The van der Waals surface area contributed by atoms with E-state index in [-0.39, 0.29) is 16.8 Å². The Hall–Kier alpha value is -4.18. The fourth-order valence-corrected chi connectivity index (χ4v) is 5.27. The van der Waals surface area contributed by atoms with Gasteiger partial charge in [-0.25, -0.2) is 9.55 Å². The summed E-state index contributed by atoms with van der Waals surface area (Å²) >= 11 is 0. The van der Waals surface area contributed by atoms with Gasteiger partial charge in [-0.05, 0) is 59.7 Å². The summed E-state index contributed by atoms with van der Waals surface area (Å²) in [5.74, 6) is -3.84. The van der Waals surface area contributed by atoms with E-state index in [2.05, 4.69) is 4.98 Å². The smallest absolute Gasteiger partial charge is 0.297 e. The molecule has 0 N–H and O–H groups in total. The highest BCUT2D eigenvalue weighted by atomic mass is 16.3. The molecule has 4 nitrogen and oxygen atoms in total. The third-order valence-electron chi connectivity index (χ3n) is 7.12. The minimum atomic E-state index is -2.80. The molecular formula is C34H34N3O+. The number of benzene rings is 3. The van der Waals surface area contributed by atoms with Gasteiger partial charge in [-0.2, -0.15) is 4.57 Å². The van der Waals surface area contributed by atoms with Crippen LogP contribution in [0.5, 0.6) is 0 Å². The molecular weight excluding hydrogens is 466 g/mol. The minimum absolute atomic E-state index is 0.0696. The van der Waals surface area contributed by atoms with Crippen LogP contribution in [0.3, 0.4) is 0 Å². The molecule has 4 heteroatoms. The molecule has 3 heterocycles. The SMILES string of the molecule is [2H]C([2H])([2H])C([2H])(C)c1cc(-c2ccccc2)cc(C([2H])(C)C([2H])([2H])[2H])c1-n1cc[n+](C)c1-c1c(C)ccc2c1oc1ncccc12. The van der Waals surface area contributed by atoms with Crippen molar-refractivity contribution in [2.75, 3.05) is 0 Å². The van der Waals surface area contributed by atoms with Gasteiger partial charge >= 0.3 is 0 Å². The molecule has 2 unspecified atom stereocenters. The molecule has 6 rings (SSSR count). The van der Waals surface area contributed by atoms with Gasteiger partial charge in [-0.3, -0.25) is 0 Å².